The maximum absolute atomic E-state index is 12.1. The average molecular weight is 394 g/mol. The first-order chi connectivity index (χ1) is 13.3. The molecule has 0 spiro atoms. The van der Waals surface area contributed by atoms with E-state index in [1.807, 2.05) is 42.1 Å². The lowest BCUT2D eigenvalue weighted by Gasteiger charge is -2.10. The highest BCUT2D eigenvalue weighted by Crippen LogP contribution is 2.37. The third-order valence-corrected chi connectivity index (χ3v) is 6.18. The Kier molecular flexibility index (Phi) is 5.75. The van der Waals surface area contributed by atoms with Crippen molar-refractivity contribution < 1.29 is 4.79 Å². The fourth-order valence-corrected chi connectivity index (χ4v) is 4.63. The summed E-state index contributed by atoms with van der Waals surface area (Å²) < 4.78 is 0. The third-order valence-electron chi connectivity index (χ3n) is 4.21. The van der Waals surface area contributed by atoms with E-state index in [-0.39, 0.29) is 5.12 Å². The summed E-state index contributed by atoms with van der Waals surface area (Å²) in [7, 11) is 0. The van der Waals surface area contributed by atoms with Crippen LogP contribution in [0.5, 0.6) is 0 Å². The predicted molar refractivity (Wildman–Crippen MR) is 113 cm³/mol. The summed E-state index contributed by atoms with van der Waals surface area (Å²) in [5, 5.41) is 3.44. The van der Waals surface area contributed by atoms with Crippen LogP contribution in [0.15, 0.2) is 65.7 Å². The summed E-state index contributed by atoms with van der Waals surface area (Å²) in [4.78, 5) is 22.2. The van der Waals surface area contributed by atoms with E-state index in [4.69, 9.17) is 4.98 Å². The van der Waals surface area contributed by atoms with Crippen LogP contribution in [0.25, 0.3) is 11.3 Å². The standard InChI is InChI=1S/C21H19N3OS2/c25-19-12-16-13-23-21(22-10-11-26-14-15-6-2-1-3-7-15)24-20(16)17-8-4-5-9-18(17)27-19/h1-9,13H,10-12,14H2,(H,22,23,24). The quantitative estimate of drug-likeness (QED) is 0.615. The molecule has 6 heteroatoms. The van der Waals surface area contributed by atoms with E-state index in [1.165, 1.54) is 17.3 Å². The smallest absolute Gasteiger partial charge is 0.223 e. The van der Waals surface area contributed by atoms with Crippen molar-refractivity contribution in [2.75, 3.05) is 17.6 Å². The second-order valence-corrected chi connectivity index (χ2v) is 8.38. The van der Waals surface area contributed by atoms with Crippen LogP contribution in [-0.2, 0) is 17.0 Å². The molecule has 0 saturated carbocycles. The molecule has 4 nitrogen and oxygen atoms in total. The molecule has 0 aliphatic carbocycles. The molecular weight excluding hydrogens is 374 g/mol. The number of fused-ring (bicyclic) bond motifs is 3. The average Bonchev–Trinajstić information content (AvgIpc) is 2.84. The molecule has 1 aromatic heterocycles. The fraction of sp³-hybridized carbons (Fsp3) is 0.190. The minimum atomic E-state index is 0.128. The zero-order valence-electron chi connectivity index (χ0n) is 14.7. The number of benzene rings is 2. The molecule has 136 valence electrons. The Morgan fingerprint density at radius 1 is 1.07 bits per heavy atom. The van der Waals surface area contributed by atoms with Gasteiger partial charge in [-0.2, -0.15) is 11.8 Å². The van der Waals surface area contributed by atoms with Crippen molar-refractivity contribution >= 4 is 34.6 Å². The highest BCUT2D eigenvalue weighted by atomic mass is 32.2. The van der Waals surface area contributed by atoms with Crippen molar-refractivity contribution in [2.24, 2.45) is 0 Å². The Morgan fingerprint density at radius 2 is 1.89 bits per heavy atom. The first-order valence-corrected chi connectivity index (χ1v) is 10.8. The lowest BCUT2D eigenvalue weighted by Crippen LogP contribution is -2.09. The van der Waals surface area contributed by atoms with E-state index in [2.05, 4.69) is 34.6 Å². The molecule has 2 aromatic carbocycles. The first kappa shape index (κ1) is 18.1. The Hall–Kier alpha value is -2.31. The number of anilines is 1. The van der Waals surface area contributed by atoms with Gasteiger partial charge in [-0.1, -0.05) is 60.3 Å². The molecule has 0 amide bonds. The Labute approximate surface area is 167 Å². The van der Waals surface area contributed by atoms with Gasteiger partial charge < -0.3 is 5.32 Å². The molecule has 0 fully saturated rings. The fourth-order valence-electron chi connectivity index (χ4n) is 2.92. The number of hydrogen-bond acceptors (Lipinski definition) is 6. The molecule has 1 aliphatic rings. The number of carbonyl (C=O) groups excluding carboxylic acids is 1. The number of aromatic nitrogens is 2. The summed E-state index contributed by atoms with van der Waals surface area (Å²) in [6, 6.07) is 18.4. The molecule has 0 unspecified atom stereocenters. The summed E-state index contributed by atoms with van der Waals surface area (Å²) in [6.45, 7) is 0.797. The molecule has 1 N–H and O–H groups in total. The molecule has 0 saturated heterocycles. The van der Waals surface area contributed by atoms with Crippen LogP contribution < -0.4 is 5.32 Å². The van der Waals surface area contributed by atoms with Crippen LogP contribution >= 0.6 is 23.5 Å². The molecule has 0 atom stereocenters. The van der Waals surface area contributed by atoms with E-state index < -0.39 is 0 Å². The van der Waals surface area contributed by atoms with Gasteiger partial charge in [0.15, 0.2) is 5.12 Å². The molecule has 0 radical (unpaired) electrons. The minimum Gasteiger partial charge on any atom is -0.353 e. The molecular formula is C21H19N3OS2. The predicted octanol–water partition coefficient (Wildman–Crippen LogP) is 4.66. The summed E-state index contributed by atoms with van der Waals surface area (Å²) >= 11 is 3.17. The molecule has 4 rings (SSSR count). The Balaban J connectivity index is 1.41. The zero-order valence-corrected chi connectivity index (χ0v) is 16.4. The molecule has 1 aliphatic heterocycles. The zero-order chi connectivity index (χ0) is 18.5. The van der Waals surface area contributed by atoms with Crippen molar-refractivity contribution in [1.82, 2.24) is 9.97 Å². The Morgan fingerprint density at radius 3 is 2.78 bits per heavy atom. The van der Waals surface area contributed by atoms with Crippen molar-refractivity contribution in [3.63, 3.8) is 0 Å². The number of hydrogen-bond donors (Lipinski definition) is 1. The van der Waals surface area contributed by atoms with Gasteiger partial charge >= 0.3 is 0 Å². The number of nitrogens with zero attached hydrogens (tertiary/aromatic N) is 2. The van der Waals surface area contributed by atoms with E-state index in [1.54, 1.807) is 6.20 Å². The summed E-state index contributed by atoms with van der Waals surface area (Å²) in [6.07, 6.45) is 2.14. The van der Waals surface area contributed by atoms with Gasteiger partial charge in [-0.05, 0) is 11.6 Å². The summed E-state index contributed by atoms with van der Waals surface area (Å²) in [5.74, 6) is 2.59. The van der Waals surface area contributed by atoms with Crippen LogP contribution in [0.4, 0.5) is 5.95 Å². The van der Waals surface area contributed by atoms with Crippen molar-refractivity contribution in [3.05, 3.63) is 71.9 Å². The van der Waals surface area contributed by atoms with Crippen LogP contribution in [0.1, 0.15) is 11.1 Å². The third kappa shape index (κ3) is 4.51. The van der Waals surface area contributed by atoms with E-state index in [0.29, 0.717) is 12.4 Å². The van der Waals surface area contributed by atoms with Crippen LogP contribution in [0, 0.1) is 0 Å². The monoisotopic (exact) mass is 393 g/mol. The normalized spacial score (nSPS) is 12.8. The largest absolute Gasteiger partial charge is 0.353 e. The van der Waals surface area contributed by atoms with Crippen LogP contribution in [0.3, 0.4) is 0 Å². The SMILES string of the molecule is O=C1Cc2cnc(NCCSCc3ccccc3)nc2-c2ccccc2S1. The molecule has 27 heavy (non-hydrogen) atoms. The lowest BCUT2D eigenvalue weighted by atomic mass is 10.1. The van der Waals surface area contributed by atoms with E-state index in [0.717, 1.165) is 39.8 Å². The molecule has 2 heterocycles. The number of rotatable bonds is 6. The second kappa shape index (κ2) is 8.59. The van der Waals surface area contributed by atoms with Crippen molar-refractivity contribution in [2.45, 2.75) is 17.1 Å². The van der Waals surface area contributed by atoms with Gasteiger partial charge in [0.25, 0.3) is 0 Å². The van der Waals surface area contributed by atoms with Gasteiger partial charge in [0.05, 0.1) is 5.69 Å². The maximum atomic E-state index is 12.1. The first-order valence-electron chi connectivity index (χ1n) is 8.81. The van der Waals surface area contributed by atoms with E-state index >= 15 is 0 Å². The lowest BCUT2D eigenvalue weighted by molar-refractivity contribution is -0.110. The second-order valence-electron chi connectivity index (χ2n) is 6.18. The molecule has 3 aromatic rings. The maximum Gasteiger partial charge on any atom is 0.223 e. The van der Waals surface area contributed by atoms with Gasteiger partial charge in [-0.25, -0.2) is 9.97 Å². The number of thioether (sulfide) groups is 2. The number of nitrogens with one attached hydrogen (secondary N) is 1. The minimum absolute atomic E-state index is 0.128. The Bertz CT molecular complexity index is 947. The van der Waals surface area contributed by atoms with Crippen molar-refractivity contribution in [3.8, 4) is 11.3 Å². The van der Waals surface area contributed by atoms with Gasteiger partial charge in [0.2, 0.25) is 5.95 Å². The van der Waals surface area contributed by atoms with Crippen LogP contribution in [0.2, 0.25) is 0 Å². The highest BCUT2D eigenvalue weighted by Gasteiger charge is 2.21. The summed E-state index contributed by atoms with van der Waals surface area (Å²) in [5.41, 5.74) is 4.09. The van der Waals surface area contributed by atoms with Crippen molar-refractivity contribution in [1.29, 1.82) is 0 Å². The number of carbonyl (C=O) groups is 1. The topological polar surface area (TPSA) is 54.9 Å². The van der Waals surface area contributed by atoms with E-state index in [9.17, 15) is 4.79 Å². The van der Waals surface area contributed by atoms with Gasteiger partial charge in [-0.3, -0.25) is 4.79 Å². The van der Waals surface area contributed by atoms with Gasteiger partial charge in [0.1, 0.15) is 0 Å². The van der Waals surface area contributed by atoms with Gasteiger partial charge in [-0.15, -0.1) is 0 Å². The molecule has 0 bridgehead atoms. The van der Waals surface area contributed by atoms with Crippen LogP contribution in [-0.4, -0.2) is 27.4 Å². The van der Waals surface area contributed by atoms with Gasteiger partial charge in [0, 0.05) is 46.7 Å². The highest BCUT2D eigenvalue weighted by molar-refractivity contribution is 8.13.